The summed E-state index contributed by atoms with van der Waals surface area (Å²) in [6.45, 7) is 0.566. The van der Waals surface area contributed by atoms with E-state index in [2.05, 4.69) is 0 Å². The van der Waals surface area contributed by atoms with E-state index in [-0.39, 0.29) is 18.2 Å². The molecule has 2 amide bonds. The molecule has 2 rings (SSSR count). The van der Waals surface area contributed by atoms with Gasteiger partial charge in [-0.25, -0.2) is 0 Å². The van der Waals surface area contributed by atoms with Crippen molar-refractivity contribution in [2.75, 3.05) is 20.6 Å². The summed E-state index contributed by atoms with van der Waals surface area (Å²) in [6, 6.07) is 6.36. The van der Waals surface area contributed by atoms with Gasteiger partial charge in [0.2, 0.25) is 11.8 Å². The SMILES string of the molecule is CN(C)C(=O)C1CCCN1C(=O)CC(O)c1ccc(Cl)cc1. The lowest BCUT2D eigenvalue weighted by Crippen LogP contribution is -2.45. The second-order valence-corrected chi connectivity index (χ2v) is 6.19. The standard InChI is InChI=1S/C16H21ClN2O3/c1-18(2)16(22)13-4-3-9-19(13)15(21)10-14(20)11-5-7-12(17)8-6-11/h5-8,13-14,20H,3-4,9-10H2,1-2H3. The first-order valence-electron chi connectivity index (χ1n) is 7.34. The lowest BCUT2D eigenvalue weighted by atomic mass is 10.1. The third-order valence-electron chi connectivity index (χ3n) is 3.92. The van der Waals surface area contributed by atoms with Gasteiger partial charge in [-0.15, -0.1) is 0 Å². The van der Waals surface area contributed by atoms with Gasteiger partial charge in [-0.1, -0.05) is 23.7 Å². The fourth-order valence-corrected chi connectivity index (χ4v) is 2.83. The molecule has 1 fully saturated rings. The summed E-state index contributed by atoms with van der Waals surface area (Å²) in [5.41, 5.74) is 0.646. The maximum absolute atomic E-state index is 12.4. The highest BCUT2D eigenvalue weighted by molar-refractivity contribution is 6.30. The maximum atomic E-state index is 12.4. The number of halogens is 1. The molecule has 0 saturated carbocycles. The van der Waals surface area contributed by atoms with Crippen molar-refractivity contribution in [2.45, 2.75) is 31.4 Å². The highest BCUT2D eigenvalue weighted by atomic mass is 35.5. The number of aliphatic hydroxyl groups excluding tert-OH is 1. The highest BCUT2D eigenvalue weighted by Gasteiger charge is 2.35. The Morgan fingerprint density at radius 1 is 1.36 bits per heavy atom. The number of likely N-dealkylation sites (tertiary alicyclic amines) is 1. The van der Waals surface area contributed by atoms with Crippen molar-refractivity contribution >= 4 is 23.4 Å². The Labute approximate surface area is 135 Å². The summed E-state index contributed by atoms with van der Waals surface area (Å²) < 4.78 is 0. The van der Waals surface area contributed by atoms with Crippen molar-refractivity contribution in [3.8, 4) is 0 Å². The van der Waals surface area contributed by atoms with Gasteiger partial charge in [0, 0.05) is 25.7 Å². The molecule has 1 heterocycles. The Balaban J connectivity index is 2.01. The summed E-state index contributed by atoms with van der Waals surface area (Å²) in [5.74, 6) is -0.257. The molecule has 0 bridgehead atoms. The minimum Gasteiger partial charge on any atom is -0.388 e. The maximum Gasteiger partial charge on any atom is 0.244 e. The van der Waals surface area contributed by atoms with Crippen molar-refractivity contribution in [3.63, 3.8) is 0 Å². The molecule has 5 nitrogen and oxygen atoms in total. The van der Waals surface area contributed by atoms with Crippen molar-refractivity contribution in [1.29, 1.82) is 0 Å². The normalized spacial score (nSPS) is 19.1. The van der Waals surface area contributed by atoms with Crippen LogP contribution in [0.25, 0.3) is 0 Å². The largest absolute Gasteiger partial charge is 0.388 e. The zero-order valence-corrected chi connectivity index (χ0v) is 13.6. The summed E-state index contributed by atoms with van der Waals surface area (Å²) in [5, 5.41) is 10.8. The quantitative estimate of drug-likeness (QED) is 0.919. The monoisotopic (exact) mass is 324 g/mol. The van der Waals surface area contributed by atoms with Crippen LogP contribution in [-0.2, 0) is 9.59 Å². The van der Waals surface area contributed by atoms with Crippen molar-refractivity contribution < 1.29 is 14.7 Å². The molecule has 2 unspecified atom stereocenters. The second kappa shape index (κ2) is 7.11. The van der Waals surface area contributed by atoms with Crippen LogP contribution < -0.4 is 0 Å². The Morgan fingerprint density at radius 3 is 2.59 bits per heavy atom. The molecule has 0 radical (unpaired) electrons. The van der Waals surface area contributed by atoms with E-state index in [0.717, 1.165) is 6.42 Å². The number of amides is 2. The number of hydrogen-bond acceptors (Lipinski definition) is 3. The van der Waals surface area contributed by atoms with Crippen LogP contribution in [0.3, 0.4) is 0 Å². The van der Waals surface area contributed by atoms with Crippen LogP contribution in [0.1, 0.15) is 30.9 Å². The molecule has 2 atom stereocenters. The van der Waals surface area contributed by atoms with Crippen LogP contribution in [0.15, 0.2) is 24.3 Å². The van der Waals surface area contributed by atoms with Crippen molar-refractivity contribution in [2.24, 2.45) is 0 Å². The van der Waals surface area contributed by atoms with Crippen LogP contribution in [-0.4, -0.2) is 53.4 Å². The lowest BCUT2D eigenvalue weighted by Gasteiger charge is -2.27. The van der Waals surface area contributed by atoms with Gasteiger partial charge < -0.3 is 14.9 Å². The number of nitrogens with zero attached hydrogens (tertiary/aromatic N) is 2. The lowest BCUT2D eigenvalue weighted by molar-refractivity contribution is -0.143. The van der Waals surface area contributed by atoms with E-state index in [1.54, 1.807) is 43.3 Å². The average Bonchev–Trinajstić information content (AvgIpc) is 2.96. The predicted molar refractivity (Wildman–Crippen MR) is 84.5 cm³/mol. The summed E-state index contributed by atoms with van der Waals surface area (Å²) in [7, 11) is 3.37. The van der Waals surface area contributed by atoms with Crippen molar-refractivity contribution in [3.05, 3.63) is 34.9 Å². The van der Waals surface area contributed by atoms with Gasteiger partial charge >= 0.3 is 0 Å². The van der Waals surface area contributed by atoms with E-state index in [9.17, 15) is 14.7 Å². The van der Waals surface area contributed by atoms with E-state index in [4.69, 9.17) is 11.6 Å². The van der Waals surface area contributed by atoms with Gasteiger partial charge in [0.15, 0.2) is 0 Å². The Morgan fingerprint density at radius 2 is 2.00 bits per heavy atom. The molecule has 1 N–H and O–H groups in total. The van der Waals surface area contributed by atoms with Crippen LogP contribution in [0, 0.1) is 0 Å². The number of aliphatic hydroxyl groups is 1. The summed E-state index contributed by atoms with van der Waals surface area (Å²) in [4.78, 5) is 27.6. The first-order valence-corrected chi connectivity index (χ1v) is 7.72. The fourth-order valence-electron chi connectivity index (χ4n) is 2.71. The van der Waals surface area contributed by atoms with E-state index in [1.165, 1.54) is 4.90 Å². The van der Waals surface area contributed by atoms with E-state index >= 15 is 0 Å². The average molecular weight is 325 g/mol. The van der Waals surface area contributed by atoms with Gasteiger partial charge in [0.1, 0.15) is 6.04 Å². The van der Waals surface area contributed by atoms with Gasteiger partial charge in [0.05, 0.1) is 12.5 Å². The number of carbonyl (C=O) groups is 2. The van der Waals surface area contributed by atoms with Crippen LogP contribution in [0.5, 0.6) is 0 Å². The molecule has 6 heteroatoms. The number of likely N-dealkylation sites (N-methyl/N-ethyl adjacent to an activating group) is 1. The smallest absolute Gasteiger partial charge is 0.244 e. The highest BCUT2D eigenvalue weighted by Crippen LogP contribution is 2.24. The molecule has 1 aromatic rings. The zero-order chi connectivity index (χ0) is 16.3. The molecule has 22 heavy (non-hydrogen) atoms. The van der Waals surface area contributed by atoms with E-state index in [0.29, 0.717) is 23.6 Å². The predicted octanol–water partition coefficient (Wildman–Crippen LogP) is 1.84. The number of carbonyl (C=O) groups excluding carboxylic acids is 2. The molecular weight excluding hydrogens is 304 g/mol. The van der Waals surface area contributed by atoms with E-state index < -0.39 is 12.1 Å². The van der Waals surface area contributed by atoms with E-state index in [1.807, 2.05) is 0 Å². The molecule has 1 aromatic carbocycles. The molecular formula is C16H21ClN2O3. The molecule has 1 saturated heterocycles. The third-order valence-corrected chi connectivity index (χ3v) is 4.17. The zero-order valence-electron chi connectivity index (χ0n) is 12.8. The Bertz CT molecular complexity index is 545. The number of rotatable bonds is 4. The molecule has 1 aliphatic heterocycles. The first-order chi connectivity index (χ1) is 10.4. The first kappa shape index (κ1) is 16.8. The molecule has 0 aromatic heterocycles. The second-order valence-electron chi connectivity index (χ2n) is 5.75. The molecule has 1 aliphatic rings. The van der Waals surface area contributed by atoms with Crippen LogP contribution in [0.4, 0.5) is 0 Å². The molecule has 0 aliphatic carbocycles. The van der Waals surface area contributed by atoms with Gasteiger partial charge in [-0.2, -0.15) is 0 Å². The Kier molecular flexibility index (Phi) is 5.42. The van der Waals surface area contributed by atoms with Crippen LogP contribution in [0.2, 0.25) is 5.02 Å². The van der Waals surface area contributed by atoms with Gasteiger partial charge in [-0.05, 0) is 30.5 Å². The molecule has 0 spiro atoms. The minimum absolute atomic E-state index is 0.0289. The summed E-state index contributed by atoms with van der Waals surface area (Å²) >= 11 is 5.81. The topological polar surface area (TPSA) is 60.9 Å². The molecule has 120 valence electrons. The van der Waals surface area contributed by atoms with Crippen molar-refractivity contribution in [1.82, 2.24) is 9.80 Å². The Hall–Kier alpha value is -1.59. The van der Waals surface area contributed by atoms with Gasteiger partial charge in [-0.3, -0.25) is 9.59 Å². The third kappa shape index (κ3) is 3.78. The van der Waals surface area contributed by atoms with Crippen LogP contribution >= 0.6 is 11.6 Å². The number of hydrogen-bond donors (Lipinski definition) is 1. The fraction of sp³-hybridized carbons (Fsp3) is 0.500. The number of benzene rings is 1. The summed E-state index contributed by atoms with van der Waals surface area (Å²) in [6.07, 6.45) is 0.576. The van der Waals surface area contributed by atoms with Gasteiger partial charge in [0.25, 0.3) is 0 Å². The minimum atomic E-state index is -0.888.